The van der Waals surface area contributed by atoms with E-state index in [4.69, 9.17) is 15.2 Å². The smallest absolute Gasteiger partial charge is 0.405 e. The number of hydrogen-bond acceptors (Lipinski definition) is 9. The van der Waals surface area contributed by atoms with Gasteiger partial charge in [0.25, 0.3) is 11.8 Å². The van der Waals surface area contributed by atoms with E-state index in [1.165, 1.54) is 18.7 Å². The number of carbonyl (C=O) groups is 5. The number of nitrogens with one attached hydrogen (secondary N) is 2. The SMILES string of the molecule is CCN(Cc1ccccc1)Cc1ccc(C(=O)NC2=C3C[C@@H](C)C[C@H](OC)[C@H](O)[C@@H](C)/C=C(\C)[C@H](OC(N)=O)[C@@H](C)/C=C\C=C(/C)C(=O)NC(=CC2=O)C3=O)cc1. The maximum atomic E-state index is 14.1. The summed E-state index contributed by atoms with van der Waals surface area (Å²) < 4.78 is 11.2. The number of amides is 3. The largest absolute Gasteiger partial charge is 0.441 e. The minimum Gasteiger partial charge on any atom is -0.441 e. The number of allylic oxidation sites excluding steroid dienone is 4. The monoisotopic (exact) mass is 780 g/mol. The lowest BCUT2D eigenvalue weighted by Gasteiger charge is -2.29. The van der Waals surface area contributed by atoms with Gasteiger partial charge in [-0.25, -0.2) is 4.79 Å². The van der Waals surface area contributed by atoms with Crippen LogP contribution in [0.25, 0.3) is 0 Å². The quantitative estimate of drug-likeness (QED) is 0.180. The fourth-order valence-electron chi connectivity index (χ4n) is 7.11. The highest BCUT2D eigenvalue weighted by Crippen LogP contribution is 2.29. The molecule has 1 aliphatic heterocycles. The molecule has 0 fully saturated rings. The lowest BCUT2D eigenvalue weighted by molar-refractivity contribution is -0.120. The summed E-state index contributed by atoms with van der Waals surface area (Å²) in [5.74, 6) is -3.60. The molecule has 57 heavy (non-hydrogen) atoms. The number of aliphatic hydroxyl groups is 1. The number of primary amides is 1. The second kappa shape index (κ2) is 20.7. The topological polar surface area (TPSA) is 177 Å². The lowest BCUT2D eigenvalue weighted by Crippen LogP contribution is -2.38. The van der Waals surface area contributed by atoms with Crippen LogP contribution in [0.15, 0.2) is 113 Å². The number of carbonyl (C=O) groups excluding carboxylic acids is 5. The van der Waals surface area contributed by atoms with Crippen molar-refractivity contribution < 1.29 is 38.6 Å². The average molecular weight is 781 g/mol. The molecule has 0 radical (unpaired) electrons. The van der Waals surface area contributed by atoms with Gasteiger partial charge in [0, 0.05) is 54.8 Å². The van der Waals surface area contributed by atoms with Crippen LogP contribution in [0.2, 0.25) is 0 Å². The van der Waals surface area contributed by atoms with Gasteiger partial charge in [-0.1, -0.05) is 94.5 Å². The fourth-order valence-corrected chi connectivity index (χ4v) is 7.11. The first kappa shape index (κ1) is 44.3. The minimum absolute atomic E-state index is 0.0278. The molecule has 12 heteroatoms. The molecule has 2 aliphatic rings. The van der Waals surface area contributed by atoms with E-state index in [9.17, 15) is 29.1 Å². The molecular weight excluding hydrogens is 725 g/mol. The van der Waals surface area contributed by atoms with Crippen molar-refractivity contribution in [2.24, 2.45) is 23.5 Å². The second-order valence-electron chi connectivity index (χ2n) is 15.0. The van der Waals surface area contributed by atoms with Crippen molar-refractivity contribution >= 4 is 29.5 Å². The highest BCUT2D eigenvalue weighted by Gasteiger charge is 2.34. The summed E-state index contributed by atoms with van der Waals surface area (Å²) in [4.78, 5) is 68.8. The molecule has 12 nitrogen and oxygen atoms in total. The molecule has 2 bridgehead atoms. The highest BCUT2D eigenvalue weighted by molar-refractivity contribution is 6.24. The van der Waals surface area contributed by atoms with Gasteiger partial charge in [0.1, 0.15) is 6.10 Å². The van der Waals surface area contributed by atoms with Crippen molar-refractivity contribution in [3.8, 4) is 0 Å². The van der Waals surface area contributed by atoms with Gasteiger partial charge in [0.15, 0.2) is 0 Å². The summed E-state index contributed by atoms with van der Waals surface area (Å²) in [7, 11) is 1.48. The summed E-state index contributed by atoms with van der Waals surface area (Å²) in [6.07, 6.45) is 4.62. The van der Waals surface area contributed by atoms with E-state index < -0.39 is 53.7 Å². The minimum atomic E-state index is -1.00. The lowest BCUT2D eigenvalue weighted by atomic mass is 9.85. The summed E-state index contributed by atoms with van der Waals surface area (Å²) >= 11 is 0. The maximum absolute atomic E-state index is 14.1. The Morgan fingerprint density at radius 3 is 2.23 bits per heavy atom. The molecule has 1 aliphatic carbocycles. The number of ketones is 2. The normalized spacial score (nSPS) is 26.4. The van der Waals surface area contributed by atoms with Gasteiger partial charge in [-0.05, 0) is 68.0 Å². The van der Waals surface area contributed by atoms with E-state index in [-0.39, 0.29) is 47.2 Å². The van der Waals surface area contributed by atoms with Crippen LogP contribution in [-0.2, 0) is 36.9 Å². The highest BCUT2D eigenvalue weighted by atomic mass is 16.6. The second-order valence-corrected chi connectivity index (χ2v) is 15.0. The molecule has 2 aromatic carbocycles. The Bertz CT molecular complexity index is 1950. The number of Topliss-reactive ketones (excluding diaryl/α,β-unsaturated/α-hetero) is 1. The zero-order chi connectivity index (χ0) is 41.8. The van der Waals surface area contributed by atoms with Crippen molar-refractivity contribution in [3.05, 3.63) is 130 Å². The number of nitrogens with zero attached hydrogens (tertiary/aromatic N) is 1. The summed E-state index contributed by atoms with van der Waals surface area (Å²) in [6.45, 7) is 13.2. The predicted molar refractivity (Wildman–Crippen MR) is 218 cm³/mol. The Morgan fingerprint density at radius 1 is 0.965 bits per heavy atom. The molecule has 0 aromatic heterocycles. The molecule has 0 saturated heterocycles. The van der Waals surface area contributed by atoms with E-state index in [0.29, 0.717) is 17.7 Å². The van der Waals surface area contributed by atoms with Gasteiger partial charge in [-0.15, -0.1) is 0 Å². The molecule has 0 saturated carbocycles. The predicted octanol–water partition coefficient (Wildman–Crippen LogP) is 5.84. The number of methoxy groups -OCH3 is 1. The molecule has 3 amide bonds. The third-order valence-electron chi connectivity index (χ3n) is 10.4. The van der Waals surface area contributed by atoms with Gasteiger partial charge < -0.3 is 30.9 Å². The number of fused-ring (bicyclic) bond motifs is 2. The Morgan fingerprint density at radius 2 is 1.61 bits per heavy atom. The van der Waals surface area contributed by atoms with E-state index in [0.717, 1.165) is 24.7 Å². The number of ether oxygens (including phenoxy) is 2. The van der Waals surface area contributed by atoms with Crippen LogP contribution >= 0.6 is 0 Å². The van der Waals surface area contributed by atoms with E-state index in [2.05, 4.69) is 34.6 Å². The van der Waals surface area contributed by atoms with Gasteiger partial charge >= 0.3 is 6.09 Å². The summed E-state index contributed by atoms with van der Waals surface area (Å²) in [5.41, 5.74) is 8.45. The number of benzene rings is 2. The van der Waals surface area contributed by atoms with Crippen molar-refractivity contribution in [2.45, 2.75) is 85.8 Å². The van der Waals surface area contributed by atoms with Crippen LogP contribution in [0.1, 0.15) is 75.9 Å². The van der Waals surface area contributed by atoms with Gasteiger partial charge in [-0.3, -0.25) is 24.1 Å². The molecule has 2 aromatic rings. The van der Waals surface area contributed by atoms with E-state index in [1.54, 1.807) is 44.2 Å². The molecule has 6 atom stereocenters. The van der Waals surface area contributed by atoms with E-state index in [1.807, 2.05) is 51.1 Å². The van der Waals surface area contributed by atoms with Gasteiger partial charge in [-0.2, -0.15) is 0 Å². The van der Waals surface area contributed by atoms with Crippen LogP contribution in [0.4, 0.5) is 4.79 Å². The Balaban J connectivity index is 1.64. The number of nitrogens with two attached hydrogens (primary N) is 1. The zero-order valence-electron chi connectivity index (χ0n) is 33.9. The standard InChI is InChI=1S/C45H56N4O8/c1-8-49(25-32-15-10-9-11-16-32)26-33-17-19-34(20-18-33)44(54)48-39-35-21-27(2)22-38(56-7)40(51)30(5)23-31(6)42(57-45(46)55)28(3)13-12-14-29(4)43(53)47-36(41(35)52)24-37(39)50/h9-20,23-24,27-28,30,38,40,42,51H,8,21-22,25-26H2,1-7H3,(H2,46,55)(H,47,53)(H,48,54)/b13-12-,29-14+,31-23+/t27-,28+,30+,38+,40-,42-/m1/s1. The average Bonchev–Trinajstić information content (AvgIpc) is 3.18. The third-order valence-corrected chi connectivity index (χ3v) is 10.4. The Kier molecular flexibility index (Phi) is 16.0. The Hall–Kier alpha value is -5.43. The molecular formula is C45H56N4O8. The number of hydrogen-bond donors (Lipinski definition) is 4. The first-order chi connectivity index (χ1) is 27.1. The molecule has 5 N–H and O–H groups in total. The Labute approximate surface area is 335 Å². The van der Waals surface area contributed by atoms with Gasteiger partial charge in [0.2, 0.25) is 11.6 Å². The van der Waals surface area contributed by atoms with Crippen LogP contribution in [-0.4, -0.2) is 71.4 Å². The first-order valence-electron chi connectivity index (χ1n) is 19.3. The molecule has 304 valence electrons. The first-order valence-corrected chi connectivity index (χ1v) is 19.3. The van der Waals surface area contributed by atoms with Crippen LogP contribution in [0.5, 0.6) is 0 Å². The van der Waals surface area contributed by atoms with Crippen molar-refractivity contribution in [2.75, 3.05) is 13.7 Å². The molecule has 1 heterocycles. The molecule has 0 unspecified atom stereocenters. The van der Waals surface area contributed by atoms with Crippen molar-refractivity contribution in [1.29, 1.82) is 0 Å². The van der Waals surface area contributed by atoms with Gasteiger partial charge in [0.05, 0.1) is 23.6 Å². The van der Waals surface area contributed by atoms with Crippen LogP contribution in [0.3, 0.4) is 0 Å². The zero-order valence-corrected chi connectivity index (χ0v) is 33.9. The van der Waals surface area contributed by atoms with E-state index >= 15 is 0 Å². The summed E-state index contributed by atoms with van der Waals surface area (Å²) in [5, 5.41) is 16.7. The van der Waals surface area contributed by atoms with Crippen LogP contribution < -0.4 is 16.4 Å². The third kappa shape index (κ3) is 12.3. The fraction of sp³-hybridized carbons (Fsp3) is 0.400. The number of aliphatic hydroxyl groups excluding tert-OH is 1. The number of rotatable bonds is 9. The van der Waals surface area contributed by atoms with Crippen molar-refractivity contribution in [1.82, 2.24) is 15.5 Å². The molecule has 0 spiro atoms. The van der Waals surface area contributed by atoms with Crippen LogP contribution in [0, 0.1) is 17.8 Å². The molecule has 4 rings (SSSR count). The summed E-state index contributed by atoms with van der Waals surface area (Å²) in [6, 6.07) is 17.3. The maximum Gasteiger partial charge on any atom is 0.405 e. The van der Waals surface area contributed by atoms with Crippen molar-refractivity contribution in [3.63, 3.8) is 0 Å².